The van der Waals surface area contributed by atoms with Crippen LogP contribution in [0.3, 0.4) is 0 Å². The Morgan fingerprint density at radius 3 is 1.48 bits per heavy atom. The molecule has 0 saturated carbocycles. The van der Waals surface area contributed by atoms with Crippen LogP contribution in [0.5, 0.6) is 11.5 Å². The number of hydrogen-bond donors (Lipinski definition) is 2. The van der Waals surface area contributed by atoms with E-state index >= 15 is 0 Å². The van der Waals surface area contributed by atoms with Gasteiger partial charge in [-0.15, -0.1) is 0 Å². The molecule has 2 N–H and O–H groups in total. The molecule has 0 amide bonds. The summed E-state index contributed by atoms with van der Waals surface area (Å²) >= 11 is 0. The fourth-order valence-electron chi connectivity index (χ4n) is 2.57. The minimum absolute atomic E-state index is 0.0714. The third-order valence-corrected chi connectivity index (χ3v) is 4.04. The van der Waals surface area contributed by atoms with Crippen LogP contribution in [-0.4, -0.2) is 47.9 Å². The molecule has 8 nitrogen and oxygen atoms in total. The summed E-state index contributed by atoms with van der Waals surface area (Å²) in [5.74, 6) is -1.96. The highest BCUT2D eigenvalue weighted by atomic mass is 16.5. The molecule has 0 aliphatic heterocycles. The van der Waals surface area contributed by atoms with Gasteiger partial charge >= 0.3 is 11.9 Å². The van der Waals surface area contributed by atoms with E-state index in [1.807, 2.05) is 0 Å². The Labute approximate surface area is 166 Å². The number of unbranched alkanes of at least 4 members (excludes halogenated alkanes) is 2. The molecule has 0 spiro atoms. The first-order chi connectivity index (χ1) is 14.0. The molecule has 0 heterocycles. The SMILES string of the molecule is O=Cc1ccc(OCCCCCOc2ccc(C=O)cc2C(=O)O)c(C(=O)O)c1. The van der Waals surface area contributed by atoms with Gasteiger partial charge in [-0.1, -0.05) is 0 Å². The third kappa shape index (κ3) is 6.17. The third-order valence-electron chi connectivity index (χ3n) is 4.04. The van der Waals surface area contributed by atoms with E-state index in [1.54, 1.807) is 0 Å². The molecular formula is C21H20O8. The number of carboxylic acid groups (broad SMARTS) is 2. The van der Waals surface area contributed by atoms with Gasteiger partial charge in [0.15, 0.2) is 0 Å². The molecule has 2 aromatic rings. The minimum atomic E-state index is -1.17. The standard InChI is InChI=1S/C21H20O8/c22-12-14-4-6-18(16(10-14)20(24)25)28-8-2-1-3-9-29-19-7-5-15(13-23)11-17(19)21(26)27/h4-7,10-13H,1-3,8-9H2,(H,24,25)(H,26,27). The van der Waals surface area contributed by atoms with E-state index in [1.165, 1.54) is 36.4 Å². The Bertz CT molecular complexity index is 830. The van der Waals surface area contributed by atoms with Crippen LogP contribution in [0.25, 0.3) is 0 Å². The predicted octanol–water partition coefficient (Wildman–Crippen LogP) is 3.34. The van der Waals surface area contributed by atoms with Crippen LogP contribution >= 0.6 is 0 Å². The fraction of sp³-hybridized carbons (Fsp3) is 0.238. The molecule has 152 valence electrons. The van der Waals surface area contributed by atoms with Crippen LogP contribution in [-0.2, 0) is 0 Å². The number of benzene rings is 2. The number of rotatable bonds is 12. The van der Waals surface area contributed by atoms with Crippen molar-refractivity contribution in [2.45, 2.75) is 19.3 Å². The first-order valence-corrected chi connectivity index (χ1v) is 8.87. The number of aldehydes is 2. The smallest absolute Gasteiger partial charge is 0.339 e. The largest absolute Gasteiger partial charge is 0.493 e. The van der Waals surface area contributed by atoms with Gasteiger partial charge in [0.25, 0.3) is 0 Å². The van der Waals surface area contributed by atoms with Crippen molar-refractivity contribution in [1.29, 1.82) is 0 Å². The summed E-state index contributed by atoms with van der Waals surface area (Å²) in [6.07, 6.45) is 3.11. The molecule has 0 unspecified atom stereocenters. The van der Waals surface area contributed by atoms with Crippen LogP contribution in [0, 0.1) is 0 Å². The van der Waals surface area contributed by atoms with Gasteiger partial charge in [-0.2, -0.15) is 0 Å². The van der Waals surface area contributed by atoms with Crippen molar-refractivity contribution in [3.05, 3.63) is 58.7 Å². The highest BCUT2D eigenvalue weighted by Crippen LogP contribution is 2.21. The lowest BCUT2D eigenvalue weighted by atomic mass is 10.1. The molecule has 0 aliphatic rings. The van der Waals surface area contributed by atoms with Gasteiger partial charge in [0.1, 0.15) is 35.2 Å². The van der Waals surface area contributed by atoms with Crippen LogP contribution in [0.1, 0.15) is 60.7 Å². The molecule has 0 bridgehead atoms. The first kappa shape index (κ1) is 21.6. The maximum atomic E-state index is 11.2. The summed E-state index contributed by atoms with van der Waals surface area (Å²) in [6, 6.07) is 8.39. The maximum Gasteiger partial charge on any atom is 0.339 e. The van der Waals surface area contributed by atoms with Gasteiger partial charge in [-0.05, 0) is 55.7 Å². The lowest BCUT2D eigenvalue weighted by molar-refractivity contribution is 0.0681. The van der Waals surface area contributed by atoms with Crippen molar-refractivity contribution in [1.82, 2.24) is 0 Å². The molecule has 0 atom stereocenters. The van der Waals surface area contributed by atoms with Crippen molar-refractivity contribution in [2.75, 3.05) is 13.2 Å². The average molecular weight is 400 g/mol. The Kier molecular flexibility index (Phi) is 7.90. The Morgan fingerprint density at radius 2 is 1.14 bits per heavy atom. The summed E-state index contributed by atoms with van der Waals surface area (Å²) in [5, 5.41) is 18.4. The molecule has 2 rings (SSSR count). The van der Waals surface area contributed by atoms with Gasteiger partial charge in [-0.25, -0.2) is 9.59 Å². The van der Waals surface area contributed by atoms with Crippen molar-refractivity contribution in [3.63, 3.8) is 0 Å². The number of aromatic carboxylic acids is 2. The predicted molar refractivity (Wildman–Crippen MR) is 102 cm³/mol. The van der Waals surface area contributed by atoms with Crippen molar-refractivity contribution < 1.29 is 38.9 Å². The second-order valence-corrected chi connectivity index (χ2v) is 6.11. The maximum absolute atomic E-state index is 11.2. The minimum Gasteiger partial charge on any atom is -0.493 e. The molecule has 0 saturated heterocycles. The molecule has 8 heteroatoms. The van der Waals surface area contributed by atoms with Crippen LogP contribution in [0.2, 0.25) is 0 Å². The molecule has 29 heavy (non-hydrogen) atoms. The molecular weight excluding hydrogens is 380 g/mol. The summed E-state index contributed by atoms with van der Waals surface area (Å²) in [5.41, 5.74) is 0.374. The molecule has 0 aromatic heterocycles. The highest BCUT2D eigenvalue weighted by Gasteiger charge is 2.13. The van der Waals surface area contributed by atoms with Crippen molar-refractivity contribution >= 4 is 24.5 Å². The van der Waals surface area contributed by atoms with Crippen molar-refractivity contribution in [2.24, 2.45) is 0 Å². The molecule has 0 fully saturated rings. The number of carboxylic acids is 2. The van der Waals surface area contributed by atoms with E-state index in [0.29, 0.717) is 31.8 Å². The van der Waals surface area contributed by atoms with Gasteiger partial charge in [0.05, 0.1) is 13.2 Å². The van der Waals surface area contributed by atoms with E-state index in [2.05, 4.69) is 0 Å². The zero-order valence-corrected chi connectivity index (χ0v) is 15.5. The quantitative estimate of drug-likeness (QED) is 0.410. The summed E-state index contributed by atoms with van der Waals surface area (Å²) in [7, 11) is 0. The molecule has 2 aromatic carbocycles. The fourth-order valence-corrected chi connectivity index (χ4v) is 2.57. The molecule has 0 aliphatic carbocycles. The van der Waals surface area contributed by atoms with E-state index in [0.717, 1.165) is 0 Å². The van der Waals surface area contributed by atoms with E-state index < -0.39 is 11.9 Å². The van der Waals surface area contributed by atoms with Gasteiger partial charge in [0, 0.05) is 11.1 Å². The first-order valence-electron chi connectivity index (χ1n) is 8.87. The Morgan fingerprint density at radius 1 is 0.724 bits per heavy atom. The zero-order valence-electron chi connectivity index (χ0n) is 15.5. The molecule has 0 radical (unpaired) electrons. The van der Waals surface area contributed by atoms with Gasteiger partial charge in [-0.3, -0.25) is 9.59 Å². The Balaban J connectivity index is 1.77. The second-order valence-electron chi connectivity index (χ2n) is 6.11. The Hall–Kier alpha value is -3.68. The normalized spacial score (nSPS) is 10.2. The summed E-state index contributed by atoms with van der Waals surface area (Å²) in [6.45, 7) is 0.574. The topological polar surface area (TPSA) is 127 Å². The van der Waals surface area contributed by atoms with Crippen LogP contribution in [0.4, 0.5) is 0 Å². The van der Waals surface area contributed by atoms with E-state index in [4.69, 9.17) is 9.47 Å². The number of hydrogen-bond acceptors (Lipinski definition) is 6. The van der Waals surface area contributed by atoms with Gasteiger partial charge in [0.2, 0.25) is 0 Å². The van der Waals surface area contributed by atoms with Crippen LogP contribution < -0.4 is 9.47 Å². The van der Waals surface area contributed by atoms with E-state index in [-0.39, 0.29) is 47.0 Å². The number of carbonyl (C=O) groups is 4. The van der Waals surface area contributed by atoms with E-state index in [9.17, 15) is 29.4 Å². The number of ether oxygens (including phenoxy) is 2. The second kappa shape index (κ2) is 10.6. The monoisotopic (exact) mass is 400 g/mol. The lowest BCUT2D eigenvalue weighted by Crippen LogP contribution is -2.07. The van der Waals surface area contributed by atoms with Crippen molar-refractivity contribution in [3.8, 4) is 11.5 Å². The van der Waals surface area contributed by atoms with Gasteiger partial charge < -0.3 is 19.7 Å². The summed E-state index contributed by atoms with van der Waals surface area (Å²) in [4.78, 5) is 44.0. The highest BCUT2D eigenvalue weighted by molar-refractivity contribution is 5.93. The lowest BCUT2D eigenvalue weighted by Gasteiger charge is -2.11. The van der Waals surface area contributed by atoms with Crippen LogP contribution in [0.15, 0.2) is 36.4 Å². The zero-order chi connectivity index (χ0) is 21.2. The number of carbonyl (C=O) groups excluding carboxylic acids is 2. The average Bonchev–Trinajstić information content (AvgIpc) is 2.72. The summed E-state index contributed by atoms with van der Waals surface area (Å²) < 4.78 is 11.0.